The Bertz CT molecular complexity index is 556. The monoisotopic (exact) mass is 256 g/mol. The summed E-state index contributed by atoms with van der Waals surface area (Å²) in [5, 5.41) is 6.01. The molecule has 1 aliphatic heterocycles. The van der Waals surface area contributed by atoms with Gasteiger partial charge in [0.1, 0.15) is 0 Å². The number of nitrogens with one attached hydrogen (secondary N) is 1. The Morgan fingerprint density at radius 2 is 2.32 bits per heavy atom. The van der Waals surface area contributed by atoms with E-state index in [4.69, 9.17) is 4.74 Å². The van der Waals surface area contributed by atoms with Gasteiger partial charge in [0.25, 0.3) is 0 Å². The van der Waals surface area contributed by atoms with Crippen LogP contribution >= 0.6 is 0 Å². The second-order valence-corrected chi connectivity index (χ2v) is 5.52. The number of rotatable bonds is 4. The summed E-state index contributed by atoms with van der Waals surface area (Å²) in [6.07, 6.45) is 6.10. The Balaban J connectivity index is 1.68. The second kappa shape index (κ2) is 5.27. The first-order valence-corrected chi connectivity index (χ1v) is 6.93. The SMILES string of the molecule is CC1(CNCc2cccc3cnccc23)CCCO1. The van der Waals surface area contributed by atoms with Crippen LogP contribution < -0.4 is 5.32 Å². The Kier molecular flexibility index (Phi) is 3.49. The van der Waals surface area contributed by atoms with Gasteiger partial charge in [0.15, 0.2) is 0 Å². The maximum atomic E-state index is 5.79. The van der Waals surface area contributed by atoms with E-state index in [0.717, 1.165) is 26.1 Å². The number of benzene rings is 1. The molecule has 3 nitrogen and oxygen atoms in total. The van der Waals surface area contributed by atoms with Crippen LogP contribution in [-0.2, 0) is 11.3 Å². The fraction of sp³-hybridized carbons (Fsp3) is 0.438. The number of ether oxygens (including phenoxy) is 1. The summed E-state index contributed by atoms with van der Waals surface area (Å²) in [4.78, 5) is 4.17. The van der Waals surface area contributed by atoms with Crippen LogP contribution in [0.25, 0.3) is 10.8 Å². The lowest BCUT2D eigenvalue weighted by molar-refractivity contribution is 0.0207. The Morgan fingerprint density at radius 3 is 3.16 bits per heavy atom. The molecular formula is C16H20N2O. The molecule has 1 aliphatic rings. The summed E-state index contributed by atoms with van der Waals surface area (Å²) in [7, 11) is 0. The lowest BCUT2D eigenvalue weighted by Crippen LogP contribution is -2.36. The molecule has 100 valence electrons. The third-order valence-corrected chi connectivity index (χ3v) is 3.89. The third-order valence-electron chi connectivity index (χ3n) is 3.89. The number of nitrogens with zero attached hydrogens (tertiary/aromatic N) is 1. The minimum atomic E-state index is 0.0200. The van der Waals surface area contributed by atoms with Crippen LogP contribution in [0.1, 0.15) is 25.3 Å². The lowest BCUT2D eigenvalue weighted by atomic mass is 10.0. The van der Waals surface area contributed by atoms with Gasteiger partial charge in [0, 0.05) is 37.5 Å². The minimum Gasteiger partial charge on any atom is -0.374 e. The summed E-state index contributed by atoms with van der Waals surface area (Å²) < 4.78 is 5.79. The van der Waals surface area contributed by atoms with Crippen molar-refractivity contribution in [1.82, 2.24) is 10.3 Å². The van der Waals surface area contributed by atoms with Crippen LogP contribution in [0.5, 0.6) is 0 Å². The van der Waals surface area contributed by atoms with E-state index in [1.54, 1.807) is 0 Å². The number of pyridine rings is 1. The van der Waals surface area contributed by atoms with Crippen molar-refractivity contribution in [3.63, 3.8) is 0 Å². The zero-order valence-corrected chi connectivity index (χ0v) is 11.4. The van der Waals surface area contributed by atoms with Crippen molar-refractivity contribution in [2.75, 3.05) is 13.2 Å². The zero-order valence-electron chi connectivity index (χ0n) is 11.4. The van der Waals surface area contributed by atoms with Crippen LogP contribution in [0.2, 0.25) is 0 Å². The molecule has 19 heavy (non-hydrogen) atoms. The molecule has 1 N–H and O–H groups in total. The minimum absolute atomic E-state index is 0.0200. The normalized spacial score (nSPS) is 23.0. The van der Waals surface area contributed by atoms with Crippen LogP contribution in [-0.4, -0.2) is 23.7 Å². The number of hydrogen-bond donors (Lipinski definition) is 1. The lowest BCUT2D eigenvalue weighted by Gasteiger charge is -2.23. The standard InChI is InChI=1S/C16H20N2O/c1-16(7-3-9-19-16)12-18-11-14-5-2-4-13-10-17-8-6-15(13)14/h2,4-6,8,10,18H,3,7,9,11-12H2,1H3. The van der Waals surface area contributed by atoms with Gasteiger partial charge in [-0.05, 0) is 36.8 Å². The first-order chi connectivity index (χ1) is 9.27. The summed E-state index contributed by atoms with van der Waals surface area (Å²) in [5.41, 5.74) is 1.34. The molecule has 1 saturated heterocycles. The molecule has 1 fully saturated rings. The van der Waals surface area contributed by atoms with Crippen molar-refractivity contribution >= 4 is 10.8 Å². The highest BCUT2D eigenvalue weighted by molar-refractivity contribution is 5.84. The van der Waals surface area contributed by atoms with E-state index in [9.17, 15) is 0 Å². The van der Waals surface area contributed by atoms with Crippen LogP contribution in [0.4, 0.5) is 0 Å². The van der Waals surface area contributed by atoms with E-state index < -0.39 is 0 Å². The fourth-order valence-corrected chi connectivity index (χ4v) is 2.78. The van der Waals surface area contributed by atoms with Gasteiger partial charge < -0.3 is 10.1 Å². The van der Waals surface area contributed by atoms with Crippen molar-refractivity contribution in [1.29, 1.82) is 0 Å². The van der Waals surface area contributed by atoms with E-state index in [0.29, 0.717) is 0 Å². The molecule has 1 unspecified atom stereocenters. The average molecular weight is 256 g/mol. The van der Waals surface area contributed by atoms with Gasteiger partial charge in [-0.3, -0.25) is 4.98 Å². The fourth-order valence-electron chi connectivity index (χ4n) is 2.78. The first-order valence-electron chi connectivity index (χ1n) is 6.93. The van der Waals surface area contributed by atoms with E-state index in [2.05, 4.69) is 41.5 Å². The summed E-state index contributed by atoms with van der Waals surface area (Å²) in [5.74, 6) is 0. The molecular weight excluding hydrogens is 236 g/mol. The van der Waals surface area contributed by atoms with Gasteiger partial charge in [-0.25, -0.2) is 0 Å². The molecule has 0 spiro atoms. The van der Waals surface area contributed by atoms with E-state index in [1.807, 2.05) is 12.4 Å². The summed E-state index contributed by atoms with van der Waals surface area (Å²) in [6.45, 7) is 4.88. The maximum absolute atomic E-state index is 5.79. The van der Waals surface area contributed by atoms with Gasteiger partial charge in [-0.1, -0.05) is 18.2 Å². The predicted molar refractivity (Wildman–Crippen MR) is 77.0 cm³/mol. The maximum Gasteiger partial charge on any atom is 0.0779 e. The van der Waals surface area contributed by atoms with Crippen molar-refractivity contribution in [2.45, 2.75) is 31.9 Å². The highest BCUT2D eigenvalue weighted by atomic mass is 16.5. The second-order valence-electron chi connectivity index (χ2n) is 5.52. The van der Waals surface area contributed by atoms with E-state index >= 15 is 0 Å². The molecule has 0 amide bonds. The van der Waals surface area contributed by atoms with Crippen molar-refractivity contribution in [3.8, 4) is 0 Å². The highest BCUT2D eigenvalue weighted by Crippen LogP contribution is 2.24. The molecule has 3 rings (SSSR count). The molecule has 2 aromatic rings. The van der Waals surface area contributed by atoms with Gasteiger partial charge >= 0.3 is 0 Å². The molecule has 0 saturated carbocycles. The molecule has 0 bridgehead atoms. The Hall–Kier alpha value is -1.45. The molecule has 2 heterocycles. The van der Waals surface area contributed by atoms with Gasteiger partial charge in [0.2, 0.25) is 0 Å². The van der Waals surface area contributed by atoms with Gasteiger partial charge in [0.05, 0.1) is 5.60 Å². The molecule has 1 aromatic carbocycles. The van der Waals surface area contributed by atoms with Crippen LogP contribution in [0.3, 0.4) is 0 Å². The van der Waals surface area contributed by atoms with Crippen molar-refractivity contribution in [3.05, 3.63) is 42.2 Å². The number of aromatic nitrogens is 1. The van der Waals surface area contributed by atoms with Crippen molar-refractivity contribution in [2.24, 2.45) is 0 Å². The average Bonchev–Trinajstić information content (AvgIpc) is 2.86. The topological polar surface area (TPSA) is 34.2 Å². The van der Waals surface area contributed by atoms with Crippen LogP contribution in [0.15, 0.2) is 36.7 Å². The first kappa shape index (κ1) is 12.6. The van der Waals surface area contributed by atoms with E-state index in [1.165, 1.54) is 22.8 Å². The molecule has 3 heteroatoms. The summed E-state index contributed by atoms with van der Waals surface area (Å²) in [6, 6.07) is 8.45. The van der Waals surface area contributed by atoms with Gasteiger partial charge in [-0.15, -0.1) is 0 Å². The zero-order chi connectivity index (χ0) is 13.1. The molecule has 1 atom stereocenters. The third kappa shape index (κ3) is 2.77. The molecule has 1 aromatic heterocycles. The smallest absolute Gasteiger partial charge is 0.0779 e. The Labute approximate surface area is 114 Å². The predicted octanol–water partition coefficient (Wildman–Crippen LogP) is 2.89. The van der Waals surface area contributed by atoms with E-state index in [-0.39, 0.29) is 5.60 Å². The Morgan fingerprint density at radius 1 is 1.37 bits per heavy atom. The highest BCUT2D eigenvalue weighted by Gasteiger charge is 2.28. The summed E-state index contributed by atoms with van der Waals surface area (Å²) >= 11 is 0. The molecule has 0 radical (unpaired) electrons. The number of hydrogen-bond acceptors (Lipinski definition) is 3. The van der Waals surface area contributed by atoms with Crippen LogP contribution in [0, 0.1) is 0 Å². The molecule has 0 aliphatic carbocycles. The quantitative estimate of drug-likeness (QED) is 0.913. The number of fused-ring (bicyclic) bond motifs is 1. The largest absolute Gasteiger partial charge is 0.374 e. The van der Waals surface area contributed by atoms with Gasteiger partial charge in [-0.2, -0.15) is 0 Å². The van der Waals surface area contributed by atoms with Crippen molar-refractivity contribution < 1.29 is 4.74 Å².